The minimum absolute atomic E-state index is 0.0792. The summed E-state index contributed by atoms with van der Waals surface area (Å²) in [7, 11) is 1.96. The Morgan fingerprint density at radius 1 is 1.44 bits per heavy atom. The molecule has 3 rings (SSSR count). The van der Waals surface area contributed by atoms with Crippen molar-refractivity contribution >= 4 is 11.5 Å². The Labute approximate surface area is 93.4 Å². The number of benzene rings is 1. The van der Waals surface area contributed by atoms with Crippen molar-refractivity contribution in [2.75, 3.05) is 25.1 Å². The fraction of sp³-hybridized carbons (Fsp3) is 0.417. The van der Waals surface area contributed by atoms with Crippen LogP contribution >= 0.6 is 0 Å². The molecule has 1 N–H and O–H groups in total. The molecule has 0 bridgehead atoms. The first-order valence-corrected chi connectivity index (χ1v) is 5.44. The molecule has 1 aromatic rings. The van der Waals surface area contributed by atoms with Crippen LogP contribution in [0.5, 0.6) is 11.5 Å². The lowest BCUT2D eigenvalue weighted by Crippen LogP contribution is -2.17. The van der Waals surface area contributed by atoms with Crippen LogP contribution in [0.3, 0.4) is 0 Å². The van der Waals surface area contributed by atoms with E-state index in [0.717, 1.165) is 24.2 Å². The molecule has 0 spiro atoms. The van der Waals surface area contributed by atoms with E-state index in [9.17, 15) is 9.90 Å². The van der Waals surface area contributed by atoms with E-state index in [1.54, 1.807) is 6.07 Å². The van der Waals surface area contributed by atoms with Gasteiger partial charge in [-0.3, -0.25) is 4.79 Å². The maximum atomic E-state index is 11.9. The van der Waals surface area contributed by atoms with Gasteiger partial charge in [0, 0.05) is 31.8 Å². The quantitative estimate of drug-likeness (QED) is 0.715. The Hall–Kier alpha value is -1.71. The van der Waals surface area contributed by atoms with Gasteiger partial charge in [-0.05, 0) is 12.0 Å². The van der Waals surface area contributed by atoms with E-state index in [0.29, 0.717) is 24.3 Å². The van der Waals surface area contributed by atoms with Gasteiger partial charge >= 0.3 is 0 Å². The molecule has 84 valence electrons. The number of aromatic hydroxyl groups is 1. The number of ether oxygens (including phenoxy) is 1. The predicted octanol–water partition coefficient (Wildman–Crippen LogP) is 1.35. The summed E-state index contributed by atoms with van der Waals surface area (Å²) in [4.78, 5) is 13.9. The molecular formula is C12H13NO3. The van der Waals surface area contributed by atoms with E-state index in [2.05, 4.69) is 4.90 Å². The second-order valence-corrected chi connectivity index (χ2v) is 4.29. The molecule has 4 heteroatoms. The summed E-state index contributed by atoms with van der Waals surface area (Å²) < 4.78 is 5.40. The molecule has 0 aromatic heterocycles. The van der Waals surface area contributed by atoms with Crippen molar-refractivity contribution < 1.29 is 14.6 Å². The van der Waals surface area contributed by atoms with Crippen molar-refractivity contribution in [2.24, 2.45) is 0 Å². The van der Waals surface area contributed by atoms with E-state index < -0.39 is 0 Å². The minimum atomic E-state index is 0.0792. The number of hydrogen-bond donors (Lipinski definition) is 1. The standard InChI is InChI=1S/C12H13NO3/c1-13-4-2-7-8(13)6-10(15)12-11(7)9(14)3-5-16-12/h6,15H,2-5H2,1H3. The van der Waals surface area contributed by atoms with E-state index >= 15 is 0 Å². The van der Waals surface area contributed by atoms with Gasteiger partial charge in [0.2, 0.25) is 0 Å². The van der Waals surface area contributed by atoms with Crippen LogP contribution in [0.1, 0.15) is 22.3 Å². The van der Waals surface area contributed by atoms with Gasteiger partial charge in [-0.15, -0.1) is 0 Å². The molecule has 0 saturated carbocycles. The highest BCUT2D eigenvalue weighted by molar-refractivity contribution is 6.03. The number of likely N-dealkylation sites (N-methyl/N-ethyl adjacent to an activating group) is 1. The van der Waals surface area contributed by atoms with Crippen LogP contribution in [0, 0.1) is 0 Å². The number of nitrogens with zero attached hydrogens (tertiary/aromatic N) is 1. The molecule has 0 amide bonds. The van der Waals surface area contributed by atoms with Crippen LogP contribution < -0.4 is 9.64 Å². The molecule has 1 aromatic carbocycles. The van der Waals surface area contributed by atoms with Gasteiger partial charge < -0.3 is 14.7 Å². The van der Waals surface area contributed by atoms with Gasteiger partial charge in [0.05, 0.1) is 12.2 Å². The van der Waals surface area contributed by atoms with Crippen LogP contribution in [-0.2, 0) is 6.42 Å². The normalized spacial score (nSPS) is 18.1. The maximum Gasteiger partial charge on any atom is 0.172 e. The molecule has 0 atom stereocenters. The highest BCUT2D eigenvalue weighted by atomic mass is 16.5. The van der Waals surface area contributed by atoms with Gasteiger partial charge in [0.25, 0.3) is 0 Å². The first kappa shape index (κ1) is 9.51. The molecule has 16 heavy (non-hydrogen) atoms. The molecule has 0 aliphatic carbocycles. The molecule has 2 aliphatic rings. The average molecular weight is 219 g/mol. The number of Topliss-reactive ketones (excluding diaryl/α,β-unsaturated/α-hetero) is 1. The monoisotopic (exact) mass is 219 g/mol. The number of phenolic OH excluding ortho intramolecular Hbond substituents is 1. The van der Waals surface area contributed by atoms with Crippen LogP contribution in [0.15, 0.2) is 6.07 Å². The SMILES string of the molecule is CN1CCc2c1cc(O)c1c2C(=O)CCO1. The number of phenols is 1. The third-order valence-electron chi connectivity index (χ3n) is 3.31. The summed E-state index contributed by atoms with van der Waals surface area (Å²) in [6.07, 6.45) is 1.26. The van der Waals surface area contributed by atoms with Gasteiger partial charge in [0.15, 0.2) is 17.3 Å². The van der Waals surface area contributed by atoms with Crippen molar-refractivity contribution in [1.29, 1.82) is 0 Å². The second kappa shape index (κ2) is 3.14. The number of rotatable bonds is 0. The largest absolute Gasteiger partial charge is 0.504 e. The van der Waals surface area contributed by atoms with E-state index in [1.165, 1.54) is 0 Å². The van der Waals surface area contributed by atoms with Crippen LogP contribution in [0.4, 0.5) is 5.69 Å². The second-order valence-electron chi connectivity index (χ2n) is 4.29. The Morgan fingerprint density at radius 2 is 2.25 bits per heavy atom. The average Bonchev–Trinajstić information content (AvgIpc) is 2.61. The lowest BCUT2D eigenvalue weighted by Gasteiger charge is -2.21. The van der Waals surface area contributed by atoms with Gasteiger partial charge in [-0.25, -0.2) is 0 Å². The van der Waals surface area contributed by atoms with Crippen molar-refractivity contribution in [1.82, 2.24) is 0 Å². The molecule has 0 unspecified atom stereocenters. The summed E-state index contributed by atoms with van der Waals surface area (Å²) in [5.41, 5.74) is 2.58. The van der Waals surface area contributed by atoms with Gasteiger partial charge in [-0.1, -0.05) is 0 Å². The molecule has 0 fully saturated rings. The predicted molar refractivity (Wildman–Crippen MR) is 59.5 cm³/mol. The zero-order chi connectivity index (χ0) is 11.3. The van der Waals surface area contributed by atoms with Crippen molar-refractivity contribution in [3.05, 3.63) is 17.2 Å². The fourth-order valence-electron chi connectivity index (χ4n) is 2.48. The molecular weight excluding hydrogens is 206 g/mol. The van der Waals surface area contributed by atoms with Crippen LogP contribution in [0.2, 0.25) is 0 Å². The Balaban J connectivity index is 2.29. The van der Waals surface area contributed by atoms with Gasteiger partial charge in [-0.2, -0.15) is 0 Å². The number of ketones is 1. The molecule has 4 nitrogen and oxygen atoms in total. The van der Waals surface area contributed by atoms with Crippen LogP contribution in [-0.4, -0.2) is 31.1 Å². The Kier molecular flexibility index (Phi) is 1.87. The summed E-state index contributed by atoms with van der Waals surface area (Å²) in [6.45, 7) is 1.26. The lowest BCUT2D eigenvalue weighted by atomic mass is 9.96. The third-order valence-corrected chi connectivity index (χ3v) is 3.31. The minimum Gasteiger partial charge on any atom is -0.504 e. The van der Waals surface area contributed by atoms with E-state index in [1.807, 2.05) is 7.05 Å². The number of anilines is 1. The zero-order valence-electron chi connectivity index (χ0n) is 9.12. The molecule has 0 saturated heterocycles. The first-order valence-electron chi connectivity index (χ1n) is 5.44. The van der Waals surface area contributed by atoms with Crippen molar-refractivity contribution in [3.8, 4) is 11.5 Å². The maximum absolute atomic E-state index is 11.9. The van der Waals surface area contributed by atoms with Crippen molar-refractivity contribution in [3.63, 3.8) is 0 Å². The number of carbonyl (C=O) groups is 1. The number of hydrogen-bond acceptors (Lipinski definition) is 4. The first-order chi connectivity index (χ1) is 7.68. The molecule has 2 aliphatic heterocycles. The Morgan fingerprint density at radius 3 is 3.06 bits per heavy atom. The molecule has 0 radical (unpaired) electrons. The smallest absolute Gasteiger partial charge is 0.172 e. The highest BCUT2D eigenvalue weighted by Crippen LogP contribution is 2.43. The van der Waals surface area contributed by atoms with Gasteiger partial charge in [0.1, 0.15) is 0 Å². The summed E-state index contributed by atoms with van der Waals surface area (Å²) in [6, 6.07) is 1.69. The van der Waals surface area contributed by atoms with Crippen molar-refractivity contribution in [2.45, 2.75) is 12.8 Å². The number of carbonyl (C=O) groups excluding carboxylic acids is 1. The zero-order valence-corrected chi connectivity index (χ0v) is 9.12. The Bertz CT molecular complexity index is 482. The topological polar surface area (TPSA) is 49.8 Å². The number of fused-ring (bicyclic) bond motifs is 3. The summed E-state index contributed by atoms with van der Waals surface area (Å²) in [5, 5.41) is 9.85. The van der Waals surface area contributed by atoms with E-state index in [-0.39, 0.29) is 11.5 Å². The van der Waals surface area contributed by atoms with Crippen LogP contribution in [0.25, 0.3) is 0 Å². The molecule has 2 heterocycles. The third kappa shape index (κ3) is 1.13. The summed E-state index contributed by atoms with van der Waals surface area (Å²) in [5.74, 6) is 0.546. The van der Waals surface area contributed by atoms with E-state index in [4.69, 9.17) is 4.74 Å². The lowest BCUT2D eigenvalue weighted by molar-refractivity contribution is 0.0929. The fourth-order valence-corrected chi connectivity index (χ4v) is 2.48. The summed E-state index contributed by atoms with van der Waals surface area (Å²) >= 11 is 0. The highest BCUT2D eigenvalue weighted by Gasteiger charge is 2.31.